The fourth-order valence-corrected chi connectivity index (χ4v) is 5.00. The minimum Gasteiger partial charge on any atom is -0.322 e. The van der Waals surface area contributed by atoms with E-state index in [1.807, 2.05) is 31.2 Å². The summed E-state index contributed by atoms with van der Waals surface area (Å²) in [7, 11) is 0. The first-order valence-corrected chi connectivity index (χ1v) is 10.8. The third-order valence-corrected chi connectivity index (χ3v) is 6.46. The summed E-state index contributed by atoms with van der Waals surface area (Å²) < 4.78 is 0. The van der Waals surface area contributed by atoms with E-state index in [2.05, 4.69) is 10.6 Å². The van der Waals surface area contributed by atoms with Crippen molar-refractivity contribution in [2.45, 2.75) is 32.6 Å². The van der Waals surface area contributed by atoms with E-state index in [4.69, 9.17) is 11.6 Å². The Balaban J connectivity index is 1.65. The number of carbonyl (C=O) groups is 2. The number of amides is 2. The molecule has 148 valence electrons. The summed E-state index contributed by atoms with van der Waals surface area (Å²) >= 11 is 7.52. The number of carbonyl (C=O) groups excluding carboxylic acids is 2. The minimum absolute atomic E-state index is 0.186. The predicted octanol–water partition coefficient (Wildman–Crippen LogP) is 6.09. The molecule has 2 aromatic carbocycles. The average Bonchev–Trinajstić information content (AvgIpc) is 3.07. The van der Waals surface area contributed by atoms with Gasteiger partial charge in [-0.3, -0.25) is 9.59 Å². The van der Waals surface area contributed by atoms with Crippen molar-refractivity contribution in [1.82, 2.24) is 0 Å². The van der Waals surface area contributed by atoms with E-state index in [-0.39, 0.29) is 11.8 Å². The Bertz CT molecular complexity index is 1070. The van der Waals surface area contributed by atoms with Crippen molar-refractivity contribution in [1.29, 1.82) is 0 Å². The van der Waals surface area contributed by atoms with Crippen molar-refractivity contribution in [3.8, 4) is 0 Å². The summed E-state index contributed by atoms with van der Waals surface area (Å²) in [6.45, 7) is 2.00. The maximum absolute atomic E-state index is 13.1. The highest BCUT2D eigenvalue weighted by Crippen LogP contribution is 2.38. The van der Waals surface area contributed by atoms with Gasteiger partial charge in [0.15, 0.2) is 0 Å². The van der Waals surface area contributed by atoms with E-state index < -0.39 is 0 Å². The van der Waals surface area contributed by atoms with E-state index in [0.29, 0.717) is 21.2 Å². The van der Waals surface area contributed by atoms with Gasteiger partial charge in [0, 0.05) is 21.2 Å². The van der Waals surface area contributed by atoms with Crippen LogP contribution >= 0.6 is 22.9 Å². The number of benzene rings is 2. The van der Waals surface area contributed by atoms with E-state index >= 15 is 0 Å². The second kappa shape index (κ2) is 8.39. The first-order chi connectivity index (χ1) is 14.0. The lowest BCUT2D eigenvalue weighted by Gasteiger charge is -2.13. The van der Waals surface area contributed by atoms with Crippen molar-refractivity contribution in [2.24, 2.45) is 0 Å². The van der Waals surface area contributed by atoms with Crippen LogP contribution in [0.4, 0.5) is 10.7 Å². The van der Waals surface area contributed by atoms with Crippen LogP contribution < -0.4 is 10.6 Å². The van der Waals surface area contributed by atoms with Gasteiger partial charge in [-0.25, -0.2) is 0 Å². The van der Waals surface area contributed by atoms with Crippen LogP contribution in [0.15, 0.2) is 48.5 Å². The summed E-state index contributed by atoms with van der Waals surface area (Å²) in [4.78, 5) is 27.1. The second-order valence-corrected chi connectivity index (χ2v) is 8.74. The molecule has 0 atom stereocenters. The zero-order chi connectivity index (χ0) is 20.4. The fourth-order valence-electron chi connectivity index (χ4n) is 3.53. The molecule has 4 rings (SSSR count). The third kappa shape index (κ3) is 4.36. The van der Waals surface area contributed by atoms with Crippen LogP contribution in [0.5, 0.6) is 0 Å². The van der Waals surface area contributed by atoms with E-state index in [0.717, 1.165) is 42.5 Å². The monoisotopic (exact) mass is 424 g/mol. The molecule has 2 N–H and O–H groups in total. The van der Waals surface area contributed by atoms with Gasteiger partial charge in [-0.05, 0) is 68.5 Å². The normalized spacial score (nSPS) is 12.9. The molecule has 1 aliphatic rings. The SMILES string of the molecule is Cc1ccc(NC(=O)c2c(NC(=O)c3cccc(Cl)c3)sc3c2CCCC3)cc1. The molecular weight excluding hydrogens is 404 g/mol. The molecule has 3 aromatic rings. The molecule has 0 saturated carbocycles. The largest absolute Gasteiger partial charge is 0.322 e. The lowest BCUT2D eigenvalue weighted by Crippen LogP contribution is -2.18. The number of anilines is 2. The van der Waals surface area contributed by atoms with Gasteiger partial charge in [0.1, 0.15) is 5.00 Å². The zero-order valence-corrected chi connectivity index (χ0v) is 17.6. The lowest BCUT2D eigenvalue weighted by molar-refractivity contribution is 0.102. The Morgan fingerprint density at radius 3 is 2.48 bits per heavy atom. The Kier molecular flexibility index (Phi) is 5.69. The Hall–Kier alpha value is -2.63. The van der Waals surface area contributed by atoms with Crippen molar-refractivity contribution in [3.63, 3.8) is 0 Å². The summed E-state index contributed by atoms with van der Waals surface area (Å²) in [5, 5.41) is 7.03. The number of hydrogen-bond acceptors (Lipinski definition) is 3. The predicted molar refractivity (Wildman–Crippen MR) is 119 cm³/mol. The van der Waals surface area contributed by atoms with Crippen LogP contribution in [0.2, 0.25) is 5.02 Å². The molecule has 4 nitrogen and oxygen atoms in total. The summed E-state index contributed by atoms with van der Waals surface area (Å²) in [6.07, 6.45) is 3.96. The van der Waals surface area contributed by atoms with Gasteiger partial charge < -0.3 is 10.6 Å². The van der Waals surface area contributed by atoms with Gasteiger partial charge >= 0.3 is 0 Å². The highest BCUT2D eigenvalue weighted by atomic mass is 35.5. The van der Waals surface area contributed by atoms with Crippen LogP contribution in [0, 0.1) is 6.92 Å². The van der Waals surface area contributed by atoms with Crippen molar-refractivity contribution in [2.75, 3.05) is 10.6 Å². The van der Waals surface area contributed by atoms with Crippen LogP contribution in [0.3, 0.4) is 0 Å². The lowest BCUT2D eigenvalue weighted by atomic mass is 9.95. The topological polar surface area (TPSA) is 58.2 Å². The molecule has 1 aliphatic carbocycles. The van der Waals surface area contributed by atoms with Gasteiger partial charge in [-0.15, -0.1) is 11.3 Å². The molecule has 29 heavy (non-hydrogen) atoms. The number of rotatable bonds is 4. The number of fused-ring (bicyclic) bond motifs is 1. The van der Waals surface area contributed by atoms with Gasteiger partial charge in [0.05, 0.1) is 5.56 Å². The zero-order valence-electron chi connectivity index (χ0n) is 16.0. The average molecular weight is 425 g/mol. The van der Waals surface area contributed by atoms with E-state index in [1.165, 1.54) is 16.2 Å². The number of nitrogens with one attached hydrogen (secondary N) is 2. The van der Waals surface area contributed by atoms with Gasteiger partial charge in [0.25, 0.3) is 11.8 Å². The highest BCUT2D eigenvalue weighted by Gasteiger charge is 2.26. The molecule has 0 aliphatic heterocycles. The van der Waals surface area contributed by atoms with Crippen LogP contribution in [-0.2, 0) is 12.8 Å². The molecule has 2 amide bonds. The van der Waals surface area contributed by atoms with Crippen molar-refractivity contribution in [3.05, 3.63) is 80.7 Å². The molecule has 0 radical (unpaired) electrons. The smallest absolute Gasteiger partial charge is 0.258 e. The van der Waals surface area contributed by atoms with Crippen LogP contribution in [0.1, 0.15) is 49.6 Å². The summed E-state index contributed by atoms with van der Waals surface area (Å²) in [6, 6.07) is 14.5. The molecule has 0 spiro atoms. The molecule has 0 bridgehead atoms. The molecule has 0 unspecified atom stereocenters. The fraction of sp³-hybridized carbons (Fsp3) is 0.217. The summed E-state index contributed by atoms with van der Waals surface area (Å²) in [5.41, 5.74) is 3.98. The Morgan fingerprint density at radius 1 is 0.966 bits per heavy atom. The van der Waals surface area contributed by atoms with Crippen molar-refractivity contribution >= 4 is 45.4 Å². The standard InChI is InChI=1S/C23H21ClN2O2S/c1-14-9-11-17(12-10-14)25-22(28)20-18-7-2-3-8-19(18)29-23(20)26-21(27)15-5-4-6-16(24)13-15/h4-6,9-13H,2-3,7-8H2,1H3,(H,25,28)(H,26,27). The number of halogens is 1. The quantitative estimate of drug-likeness (QED) is 0.532. The van der Waals surface area contributed by atoms with E-state index in [9.17, 15) is 9.59 Å². The third-order valence-electron chi connectivity index (χ3n) is 5.02. The molecule has 1 heterocycles. The minimum atomic E-state index is -0.268. The maximum atomic E-state index is 13.1. The Labute approximate surface area is 178 Å². The molecule has 0 saturated heterocycles. The van der Waals surface area contributed by atoms with E-state index in [1.54, 1.807) is 24.3 Å². The molecular formula is C23H21ClN2O2S. The second-order valence-electron chi connectivity index (χ2n) is 7.20. The van der Waals surface area contributed by atoms with Crippen LogP contribution in [-0.4, -0.2) is 11.8 Å². The van der Waals surface area contributed by atoms with Crippen LogP contribution in [0.25, 0.3) is 0 Å². The maximum Gasteiger partial charge on any atom is 0.258 e. The molecule has 1 aromatic heterocycles. The first kappa shape index (κ1) is 19.7. The summed E-state index contributed by atoms with van der Waals surface area (Å²) in [5.74, 6) is -0.454. The number of thiophene rings is 1. The Morgan fingerprint density at radius 2 is 1.72 bits per heavy atom. The first-order valence-electron chi connectivity index (χ1n) is 9.61. The molecule has 0 fully saturated rings. The number of aryl methyl sites for hydroxylation is 2. The van der Waals surface area contributed by atoms with Gasteiger partial charge in [0.2, 0.25) is 0 Å². The molecule has 6 heteroatoms. The van der Waals surface area contributed by atoms with Gasteiger partial charge in [-0.2, -0.15) is 0 Å². The highest BCUT2D eigenvalue weighted by molar-refractivity contribution is 7.17. The van der Waals surface area contributed by atoms with Crippen molar-refractivity contribution < 1.29 is 9.59 Å². The van der Waals surface area contributed by atoms with Gasteiger partial charge in [-0.1, -0.05) is 35.4 Å². The number of hydrogen-bond donors (Lipinski definition) is 2.